The van der Waals surface area contributed by atoms with E-state index in [1.165, 1.54) is 4.90 Å². The highest BCUT2D eigenvalue weighted by Gasteiger charge is 2.35. The largest absolute Gasteiger partial charge is 0.321 e. The van der Waals surface area contributed by atoms with Crippen molar-refractivity contribution in [3.05, 3.63) is 0 Å². The Morgan fingerprint density at radius 3 is 2.79 bits per heavy atom. The minimum atomic E-state index is -0.399. The summed E-state index contributed by atoms with van der Waals surface area (Å²) in [6, 6.07) is -0.399. The second kappa shape index (κ2) is 7.76. The number of hydrogen-bond acceptors (Lipinski definition) is 3. The number of amides is 2. The van der Waals surface area contributed by atoms with Gasteiger partial charge in [0.15, 0.2) is 0 Å². The number of thioether (sulfide) groups is 1. The topological polar surface area (TPSA) is 40.6 Å². The first kappa shape index (κ1) is 15.5. The van der Waals surface area contributed by atoms with Gasteiger partial charge in [-0.05, 0) is 6.92 Å². The highest BCUT2D eigenvalue weighted by atomic mass is 32.2. The zero-order valence-electron chi connectivity index (χ0n) is 11.3. The van der Waals surface area contributed by atoms with Gasteiger partial charge in [0.1, 0.15) is 6.04 Å². The van der Waals surface area contributed by atoms with Crippen LogP contribution in [-0.2, 0) is 9.59 Å². The minimum absolute atomic E-state index is 0.00517. The second-order valence-corrected chi connectivity index (χ2v) is 5.06. The minimum Gasteiger partial charge on any atom is -0.321 e. The molecule has 0 unspecified atom stereocenters. The highest BCUT2D eigenvalue weighted by Crippen LogP contribution is 2.23. The van der Waals surface area contributed by atoms with Crippen LogP contribution in [0.5, 0.6) is 0 Å². The van der Waals surface area contributed by atoms with Gasteiger partial charge < -0.3 is 9.80 Å². The van der Waals surface area contributed by atoms with Gasteiger partial charge in [-0.3, -0.25) is 9.59 Å². The standard InChI is InChI=1S/C14H18N2O2S/c1-4-7-9-15(8-5-2)14(18)12-10-19-11-16(12)13(17)6-3/h2,12H,6,8-11H2,1,3H3/t12-/m0/s1. The van der Waals surface area contributed by atoms with E-state index in [2.05, 4.69) is 17.8 Å². The van der Waals surface area contributed by atoms with E-state index in [1.807, 2.05) is 0 Å². The summed E-state index contributed by atoms with van der Waals surface area (Å²) in [5, 5.41) is 0. The Balaban J connectivity index is 2.79. The van der Waals surface area contributed by atoms with Crippen LogP contribution in [0.15, 0.2) is 0 Å². The van der Waals surface area contributed by atoms with Crippen molar-refractivity contribution in [2.45, 2.75) is 26.3 Å². The van der Waals surface area contributed by atoms with Gasteiger partial charge in [0.2, 0.25) is 11.8 Å². The molecular weight excluding hydrogens is 260 g/mol. The maximum atomic E-state index is 12.4. The SMILES string of the molecule is C#CCN(CC#CC)C(=O)[C@@H]1CSCN1C(=O)CC. The molecule has 0 aromatic carbocycles. The first-order chi connectivity index (χ1) is 9.15. The molecule has 0 saturated carbocycles. The first-order valence-electron chi connectivity index (χ1n) is 6.14. The van der Waals surface area contributed by atoms with Crippen molar-refractivity contribution >= 4 is 23.6 Å². The molecule has 0 spiro atoms. The van der Waals surface area contributed by atoms with Gasteiger partial charge in [0, 0.05) is 12.2 Å². The summed E-state index contributed by atoms with van der Waals surface area (Å²) in [4.78, 5) is 27.4. The molecule has 2 amide bonds. The monoisotopic (exact) mass is 278 g/mol. The van der Waals surface area contributed by atoms with Gasteiger partial charge in [-0.25, -0.2) is 0 Å². The number of hydrogen-bond donors (Lipinski definition) is 0. The lowest BCUT2D eigenvalue weighted by Crippen LogP contribution is -2.49. The summed E-state index contributed by atoms with van der Waals surface area (Å²) < 4.78 is 0. The Morgan fingerprint density at radius 1 is 1.47 bits per heavy atom. The van der Waals surface area contributed by atoms with Crippen molar-refractivity contribution in [1.29, 1.82) is 0 Å². The Bertz CT molecular complexity index is 445. The molecule has 1 aliphatic heterocycles. The predicted molar refractivity (Wildman–Crippen MR) is 77.1 cm³/mol. The van der Waals surface area contributed by atoms with E-state index < -0.39 is 6.04 Å². The van der Waals surface area contributed by atoms with Crippen LogP contribution in [-0.4, -0.2) is 52.4 Å². The summed E-state index contributed by atoms with van der Waals surface area (Å²) in [6.07, 6.45) is 5.69. The number of terminal acetylenes is 1. The average molecular weight is 278 g/mol. The molecule has 102 valence electrons. The van der Waals surface area contributed by atoms with Crippen molar-refractivity contribution in [2.75, 3.05) is 24.7 Å². The average Bonchev–Trinajstić information content (AvgIpc) is 2.91. The molecule has 1 aliphatic rings. The molecular formula is C14H18N2O2S. The summed E-state index contributed by atoms with van der Waals surface area (Å²) >= 11 is 1.59. The lowest BCUT2D eigenvalue weighted by molar-refractivity contribution is -0.142. The molecule has 1 rings (SSSR count). The number of nitrogens with zero attached hydrogens (tertiary/aromatic N) is 2. The van der Waals surface area contributed by atoms with E-state index in [9.17, 15) is 9.59 Å². The first-order valence-corrected chi connectivity index (χ1v) is 7.30. The van der Waals surface area contributed by atoms with Crippen LogP contribution in [0.25, 0.3) is 0 Å². The molecule has 0 N–H and O–H groups in total. The van der Waals surface area contributed by atoms with Crippen molar-refractivity contribution in [3.63, 3.8) is 0 Å². The summed E-state index contributed by atoms with van der Waals surface area (Å²) in [5.41, 5.74) is 0. The fraction of sp³-hybridized carbons (Fsp3) is 0.571. The zero-order valence-corrected chi connectivity index (χ0v) is 12.1. The molecule has 0 aromatic heterocycles. The lowest BCUT2D eigenvalue weighted by Gasteiger charge is -2.27. The Morgan fingerprint density at radius 2 is 2.21 bits per heavy atom. The number of carbonyl (C=O) groups is 2. The number of rotatable bonds is 4. The Hall–Kier alpha value is -1.59. The molecule has 1 fully saturated rings. The molecule has 4 nitrogen and oxygen atoms in total. The third-order valence-corrected chi connectivity index (χ3v) is 3.84. The Labute approximate surface area is 118 Å². The summed E-state index contributed by atoms with van der Waals surface area (Å²) in [7, 11) is 0. The molecule has 1 atom stereocenters. The fourth-order valence-corrected chi connectivity index (χ4v) is 2.98. The highest BCUT2D eigenvalue weighted by molar-refractivity contribution is 7.99. The normalized spacial score (nSPS) is 17.3. The molecule has 1 saturated heterocycles. The van der Waals surface area contributed by atoms with Crippen LogP contribution < -0.4 is 0 Å². The van der Waals surface area contributed by atoms with Crippen molar-refractivity contribution in [3.8, 4) is 24.2 Å². The second-order valence-electron chi connectivity index (χ2n) is 4.06. The molecule has 0 aliphatic carbocycles. The van der Waals surface area contributed by atoms with Crippen molar-refractivity contribution in [2.24, 2.45) is 0 Å². The van der Waals surface area contributed by atoms with E-state index in [1.54, 1.807) is 30.5 Å². The summed E-state index contributed by atoms with van der Waals surface area (Å²) in [6.45, 7) is 4.06. The van der Waals surface area contributed by atoms with Crippen LogP contribution in [0.3, 0.4) is 0 Å². The van der Waals surface area contributed by atoms with E-state index in [0.717, 1.165) is 0 Å². The van der Waals surface area contributed by atoms with E-state index in [0.29, 0.717) is 24.6 Å². The van der Waals surface area contributed by atoms with Gasteiger partial charge >= 0.3 is 0 Å². The zero-order chi connectivity index (χ0) is 14.3. The van der Waals surface area contributed by atoms with Crippen molar-refractivity contribution < 1.29 is 9.59 Å². The molecule has 5 heteroatoms. The van der Waals surface area contributed by atoms with E-state index >= 15 is 0 Å². The summed E-state index contributed by atoms with van der Waals surface area (Å²) in [5.74, 6) is 9.17. The van der Waals surface area contributed by atoms with Crippen LogP contribution in [0.4, 0.5) is 0 Å². The van der Waals surface area contributed by atoms with Crippen LogP contribution >= 0.6 is 11.8 Å². The smallest absolute Gasteiger partial charge is 0.247 e. The quantitative estimate of drug-likeness (QED) is 0.714. The lowest BCUT2D eigenvalue weighted by atomic mass is 10.2. The van der Waals surface area contributed by atoms with E-state index in [4.69, 9.17) is 6.42 Å². The third-order valence-electron chi connectivity index (χ3n) is 2.83. The molecule has 1 heterocycles. The van der Waals surface area contributed by atoms with Gasteiger partial charge in [-0.2, -0.15) is 0 Å². The maximum absolute atomic E-state index is 12.4. The van der Waals surface area contributed by atoms with Gasteiger partial charge in [-0.1, -0.05) is 18.8 Å². The Kier molecular flexibility index (Phi) is 6.32. The molecule has 0 radical (unpaired) electrons. The van der Waals surface area contributed by atoms with Crippen LogP contribution in [0.1, 0.15) is 20.3 Å². The molecule has 19 heavy (non-hydrogen) atoms. The van der Waals surface area contributed by atoms with Crippen LogP contribution in [0, 0.1) is 24.2 Å². The van der Waals surface area contributed by atoms with Gasteiger partial charge in [-0.15, -0.1) is 24.1 Å². The van der Waals surface area contributed by atoms with E-state index in [-0.39, 0.29) is 18.4 Å². The predicted octanol–water partition coefficient (Wildman–Crippen LogP) is 0.783. The third kappa shape index (κ3) is 3.94. The van der Waals surface area contributed by atoms with Crippen LogP contribution in [0.2, 0.25) is 0 Å². The molecule has 0 bridgehead atoms. The van der Waals surface area contributed by atoms with Gasteiger partial charge in [0.05, 0.1) is 19.0 Å². The maximum Gasteiger partial charge on any atom is 0.247 e. The molecule has 0 aromatic rings. The fourth-order valence-electron chi connectivity index (χ4n) is 1.80. The van der Waals surface area contributed by atoms with Gasteiger partial charge in [0.25, 0.3) is 0 Å². The van der Waals surface area contributed by atoms with Crippen molar-refractivity contribution in [1.82, 2.24) is 9.80 Å². The number of carbonyl (C=O) groups excluding carboxylic acids is 2.